The molecule has 9 nitrogen and oxygen atoms in total. The zero-order chi connectivity index (χ0) is 46.9. The van der Waals surface area contributed by atoms with Crippen molar-refractivity contribution < 1.29 is 39.3 Å². The molecule has 0 radical (unpaired) electrons. The maximum atomic E-state index is 13.6. The maximum Gasteiger partial charge on any atom is 0.295 e. The number of benzene rings is 8. The van der Waals surface area contributed by atoms with E-state index >= 15 is 0 Å². The number of hydrogen-bond acceptors (Lipinski definition) is 8. The van der Waals surface area contributed by atoms with E-state index in [1.54, 1.807) is 97.1 Å². The Bertz CT molecular complexity index is 3350. The molecule has 334 valence electrons. The Labute approximate surface area is 386 Å². The molecule has 0 aliphatic rings. The molecular formula is C54H46O9S3. The van der Waals surface area contributed by atoms with Crippen LogP contribution in [-0.4, -0.2) is 29.8 Å². The summed E-state index contributed by atoms with van der Waals surface area (Å²) in [7, 11) is -12.0. The molecule has 8 rings (SSSR count). The van der Waals surface area contributed by atoms with Crippen LogP contribution in [0.3, 0.4) is 0 Å². The first-order valence-electron chi connectivity index (χ1n) is 21.0. The molecular weight excluding hydrogens is 889 g/mol. The summed E-state index contributed by atoms with van der Waals surface area (Å²) in [6, 6.07) is 53.5. The molecule has 8 aromatic rings. The van der Waals surface area contributed by atoms with E-state index in [9.17, 15) is 29.8 Å². The SMILES string of the molecule is Cc1ccc(-c2ccc(Cc3ccc(S(=O)(=O)c4ccc(Oc5ccc(C(C)(C)c6ccc(Oc7ccc(S(=O)(=O)c8ccc(C)cc8)cc7)cc6)cc5)cc4)cc3)cc2S(=O)(=O)O)cc1. The number of aryl methyl sites for hydroxylation is 2. The lowest BCUT2D eigenvalue weighted by atomic mass is 9.78. The fourth-order valence-corrected chi connectivity index (χ4v) is 10.9. The van der Waals surface area contributed by atoms with Crippen LogP contribution in [0.1, 0.15) is 47.2 Å². The molecule has 0 aliphatic heterocycles. The van der Waals surface area contributed by atoms with Gasteiger partial charge >= 0.3 is 0 Å². The molecule has 0 amide bonds. The van der Waals surface area contributed by atoms with Crippen molar-refractivity contribution in [1.29, 1.82) is 0 Å². The van der Waals surface area contributed by atoms with Gasteiger partial charge in [0.05, 0.1) is 19.6 Å². The van der Waals surface area contributed by atoms with Crippen molar-refractivity contribution in [2.24, 2.45) is 0 Å². The first-order valence-corrected chi connectivity index (χ1v) is 25.4. The van der Waals surface area contributed by atoms with Gasteiger partial charge in [-0.1, -0.05) is 110 Å². The molecule has 0 saturated carbocycles. The summed E-state index contributed by atoms with van der Waals surface area (Å²) in [5, 5.41) is 0. The molecule has 8 aromatic carbocycles. The molecule has 0 aromatic heterocycles. The topological polar surface area (TPSA) is 141 Å². The second-order valence-electron chi connectivity index (χ2n) is 16.6. The Kier molecular flexibility index (Phi) is 12.6. The van der Waals surface area contributed by atoms with Gasteiger partial charge in [0, 0.05) is 11.0 Å². The molecule has 66 heavy (non-hydrogen) atoms. The number of rotatable bonds is 14. The highest BCUT2D eigenvalue weighted by Crippen LogP contribution is 2.36. The zero-order valence-corrected chi connectivity index (χ0v) is 39.0. The summed E-state index contributed by atoms with van der Waals surface area (Å²) in [6.07, 6.45) is 0.315. The van der Waals surface area contributed by atoms with Gasteiger partial charge in [-0.2, -0.15) is 8.42 Å². The van der Waals surface area contributed by atoms with Crippen LogP contribution in [-0.2, 0) is 41.6 Å². The third kappa shape index (κ3) is 10.0. The van der Waals surface area contributed by atoms with E-state index in [4.69, 9.17) is 9.47 Å². The summed E-state index contributed by atoms with van der Waals surface area (Å²) >= 11 is 0. The van der Waals surface area contributed by atoms with Gasteiger partial charge in [0.25, 0.3) is 10.1 Å². The second-order valence-corrected chi connectivity index (χ2v) is 21.9. The van der Waals surface area contributed by atoms with Crippen molar-refractivity contribution in [3.8, 4) is 34.1 Å². The smallest absolute Gasteiger partial charge is 0.295 e. The summed E-state index contributed by atoms with van der Waals surface area (Å²) in [4.78, 5) is 0.441. The van der Waals surface area contributed by atoms with Crippen LogP contribution in [0.25, 0.3) is 11.1 Å². The lowest BCUT2D eigenvalue weighted by Gasteiger charge is -2.26. The first-order chi connectivity index (χ1) is 31.4. The number of ether oxygens (including phenoxy) is 2. The second kappa shape index (κ2) is 18.2. The van der Waals surface area contributed by atoms with Crippen LogP contribution in [0.5, 0.6) is 23.0 Å². The van der Waals surface area contributed by atoms with Crippen LogP contribution >= 0.6 is 0 Å². The van der Waals surface area contributed by atoms with Gasteiger partial charge in [0.1, 0.15) is 27.9 Å². The van der Waals surface area contributed by atoms with Gasteiger partial charge < -0.3 is 9.47 Å². The van der Waals surface area contributed by atoms with Gasteiger partial charge in [-0.25, -0.2) is 16.8 Å². The third-order valence-corrected chi connectivity index (χ3v) is 16.0. The molecule has 0 fully saturated rings. The van der Waals surface area contributed by atoms with Gasteiger partial charge in [0.2, 0.25) is 19.7 Å². The Balaban J connectivity index is 0.875. The molecule has 0 aliphatic carbocycles. The van der Waals surface area contributed by atoms with E-state index in [-0.39, 0.29) is 29.9 Å². The Morgan fingerprint density at radius 1 is 0.424 bits per heavy atom. The molecule has 12 heteroatoms. The Morgan fingerprint density at radius 2 is 0.758 bits per heavy atom. The van der Waals surface area contributed by atoms with E-state index in [0.29, 0.717) is 46.1 Å². The van der Waals surface area contributed by atoms with Crippen LogP contribution in [0.4, 0.5) is 0 Å². The minimum Gasteiger partial charge on any atom is -0.457 e. The molecule has 0 unspecified atom stereocenters. The zero-order valence-electron chi connectivity index (χ0n) is 36.5. The van der Waals surface area contributed by atoms with Gasteiger partial charge in [-0.15, -0.1) is 0 Å². The number of sulfone groups is 2. The van der Waals surface area contributed by atoms with Crippen molar-refractivity contribution in [2.75, 3.05) is 0 Å². The molecule has 0 saturated heterocycles. The van der Waals surface area contributed by atoms with Crippen LogP contribution in [0.15, 0.2) is 213 Å². The van der Waals surface area contributed by atoms with E-state index in [1.807, 2.05) is 74.5 Å². The molecule has 0 atom stereocenters. The van der Waals surface area contributed by atoms with Crippen LogP contribution in [0, 0.1) is 13.8 Å². The fourth-order valence-electron chi connectivity index (χ4n) is 7.57. The van der Waals surface area contributed by atoms with Gasteiger partial charge in [0.15, 0.2) is 0 Å². The van der Waals surface area contributed by atoms with E-state index in [1.165, 1.54) is 30.3 Å². The monoisotopic (exact) mass is 934 g/mol. The van der Waals surface area contributed by atoms with E-state index in [2.05, 4.69) is 13.8 Å². The minimum atomic E-state index is -4.52. The van der Waals surface area contributed by atoms with Gasteiger partial charge in [-0.3, -0.25) is 4.55 Å². The summed E-state index contributed by atoms with van der Waals surface area (Å²) in [5.41, 5.74) is 6.17. The van der Waals surface area contributed by atoms with Crippen molar-refractivity contribution in [3.05, 3.63) is 221 Å². The molecule has 1 N–H and O–H groups in total. The predicted octanol–water partition coefficient (Wildman–Crippen LogP) is 12.4. The number of hydrogen-bond donors (Lipinski definition) is 1. The minimum absolute atomic E-state index is 0.0999. The summed E-state index contributed by atoms with van der Waals surface area (Å²) in [6.45, 7) is 8.07. The lowest BCUT2D eigenvalue weighted by Crippen LogP contribution is -2.18. The largest absolute Gasteiger partial charge is 0.457 e. The highest BCUT2D eigenvalue weighted by atomic mass is 32.2. The predicted molar refractivity (Wildman–Crippen MR) is 256 cm³/mol. The van der Waals surface area contributed by atoms with Crippen LogP contribution in [0.2, 0.25) is 0 Å². The van der Waals surface area contributed by atoms with Crippen molar-refractivity contribution >= 4 is 29.8 Å². The quantitative estimate of drug-likeness (QED) is 0.105. The maximum absolute atomic E-state index is 13.6. The standard InChI is InChI=1S/C54H46O9S3/c1-37-5-12-41(13-6-37)52-34-11-40(36-53(52)66(59,60)61)35-39-9-28-49(29-10-39)65(57,58)51-32-24-47(25-33-51)63-45-20-16-43(17-21-45)54(3,4)42-14-18-44(19-15-42)62-46-22-30-50(31-23-46)64(55,56)48-26-7-38(2)8-27-48/h5-34,36H,35H2,1-4H3,(H,59,60,61). The normalized spacial score (nSPS) is 12.1. The highest BCUT2D eigenvalue weighted by Gasteiger charge is 2.24. The van der Waals surface area contributed by atoms with Crippen LogP contribution < -0.4 is 9.47 Å². The van der Waals surface area contributed by atoms with E-state index < -0.39 is 29.8 Å². The molecule has 0 heterocycles. The average Bonchev–Trinajstić information content (AvgIpc) is 3.30. The molecule has 0 bridgehead atoms. The van der Waals surface area contributed by atoms with E-state index in [0.717, 1.165) is 27.8 Å². The summed E-state index contributed by atoms with van der Waals surface area (Å²) in [5.74, 6) is 2.17. The fraction of sp³-hybridized carbons (Fsp3) is 0.111. The first kappa shape index (κ1) is 45.7. The van der Waals surface area contributed by atoms with Gasteiger partial charge in [-0.05, 0) is 151 Å². The van der Waals surface area contributed by atoms with Crippen molar-refractivity contribution in [1.82, 2.24) is 0 Å². The average molecular weight is 935 g/mol. The Hall–Kier alpha value is -6.83. The van der Waals surface area contributed by atoms with Crippen molar-refractivity contribution in [2.45, 2.75) is 64.0 Å². The Morgan fingerprint density at radius 3 is 1.15 bits per heavy atom. The third-order valence-electron chi connectivity index (χ3n) is 11.6. The molecule has 0 spiro atoms. The highest BCUT2D eigenvalue weighted by molar-refractivity contribution is 7.91. The lowest BCUT2D eigenvalue weighted by molar-refractivity contribution is 0.480. The van der Waals surface area contributed by atoms with Crippen molar-refractivity contribution in [3.63, 3.8) is 0 Å². The summed E-state index contributed by atoms with van der Waals surface area (Å²) < 4.78 is 100.